The molecule has 0 aromatic heterocycles. The molecule has 2 aliphatic heterocycles. The summed E-state index contributed by atoms with van der Waals surface area (Å²) in [6.45, 7) is 7.24. The molecule has 2 aliphatic rings. The first kappa shape index (κ1) is 15.8. The molecule has 1 amide bonds. The molecule has 1 spiro atoms. The van der Waals surface area contributed by atoms with Crippen LogP contribution < -0.4 is 5.32 Å². The number of nitrogens with zero attached hydrogens (tertiary/aromatic N) is 1. The topological polar surface area (TPSA) is 66.5 Å². The molecule has 5 nitrogen and oxygen atoms in total. The summed E-state index contributed by atoms with van der Waals surface area (Å²) in [5.41, 5.74) is 0.355. The molecule has 6 heteroatoms. The van der Waals surface area contributed by atoms with E-state index in [1.54, 1.807) is 4.90 Å². The summed E-state index contributed by atoms with van der Waals surface area (Å²) in [5.74, 6) is -0.370. The standard InChI is InChI=1S/C14H26N2O3S/c1-12(2)9-20(18,19)10-13(17)16-7-4-14(5-8-16)3-6-15-11-14/h12,15H,3-11H2,1-2H3. The highest BCUT2D eigenvalue weighted by Crippen LogP contribution is 2.36. The van der Waals surface area contributed by atoms with Crippen molar-refractivity contribution in [1.82, 2.24) is 10.2 Å². The molecular formula is C14H26N2O3S. The molecule has 0 radical (unpaired) electrons. The van der Waals surface area contributed by atoms with E-state index in [4.69, 9.17) is 0 Å². The van der Waals surface area contributed by atoms with Crippen LogP contribution in [0.3, 0.4) is 0 Å². The van der Waals surface area contributed by atoms with Crippen molar-refractivity contribution < 1.29 is 13.2 Å². The highest BCUT2D eigenvalue weighted by molar-refractivity contribution is 7.92. The van der Waals surface area contributed by atoms with Gasteiger partial charge in [-0.2, -0.15) is 0 Å². The molecule has 0 aromatic carbocycles. The van der Waals surface area contributed by atoms with Crippen LogP contribution in [-0.4, -0.2) is 56.9 Å². The number of hydrogen-bond donors (Lipinski definition) is 1. The van der Waals surface area contributed by atoms with Crippen LogP contribution >= 0.6 is 0 Å². The average Bonchev–Trinajstić information content (AvgIpc) is 2.76. The highest BCUT2D eigenvalue weighted by atomic mass is 32.2. The van der Waals surface area contributed by atoms with Gasteiger partial charge in [-0.1, -0.05) is 13.8 Å². The Kier molecular flexibility index (Phi) is 4.74. The maximum absolute atomic E-state index is 12.1. The van der Waals surface area contributed by atoms with Gasteiger partial charge in [-0.25, -0.2) is 8.42 Å². The van der Waals surface area contributed by atoms with E-state index in [0.717, 1.165) is 25.9 Å². The molecule has 2 rings (SSSR count). The van der Waals surface area contributed by atoms with Crippen LogP contribution in [0.1, 0.15) is 33.1 Å². The summed E-state index contributed by atoms with van der Waals surface area (Å²) in [7, 11) is -3.26. The van der Waals surface area contributed by atoms with Crippen molar-refractivity contribution in [2.75, 3.05) is 37.7 Å². The molecule has 2 heterocycles. The summed E-state index contributed by atoms with van der Waals surface area (Å²) < 4.78 is 23.8. The fourth-order valence-electron chi connectivity index (χ4n) is 3.30. The van der Waals surface area contributed by atoms with Gasteiger partial charge in [-0.3, -0.25) is 4.79 Å². The van der Waals surface area contributed by atoms with E-state index in [0.29, 0.717) is 18.5 Å². The highest BCUT2D eigenvalue weighted by Gasteiger charge is 2.38. The Morgan fingerprint density at radius 3 is 2.40 bits per heavy atom. The van der Waals surface area contributed by atoms with E-state index in [1.165, 1.54) is 6.42 Å². The number of sulfone groups is 1. The lowest BCUT2D eigenvalue weighted by molar-refractivity contribution is -0.130. The second kappa shape index (κ2) is 6.02. The van der Waals surface area contributed by atoms with E-state index in [2.05, 4.69) is 5.32 Å². The Bertz CT molecular complexity index is 443. The first-order valence-electron chi connectivity index (χ1n) is 7.51. The van der Waals surface area contributed by atoms with Crippen molar-refractivity contribution in [3.8, 4) is 0 Å². The normalized spacial score (nSPS) is 22.6. The van der Waals surface area contributed by atoms with E-state index in [9.17, 15) is 13.2 Å². The van der Waals surface area contributed by atoms with Crippen molar-refractivity contribution in [1.29, 1.82) is 0 Å². The number of amides is 1. The van der Waals surface area contributed by atoms with Gasteiger partial charge < -0.3 is 10.2 Å². The first-order chi connectivity index (χ1) is 9.32. The number of piperidine rings is 1. The fourth-order valence-corrected chi connectivity index (χ4v) is 4.99. The lowest BCUT2D eigenvalue weighted by atomic mass is 9.78. The third kappa shape index (κ3) is 3.95. The van der Waals surface area contributed by atoms with E-state index in [1.807, 2.05) is 13.8 Å². The second-order valence-electron chi connectivity index (χ2n) is 6.76. The number of nitrogens with one attached hydrogen (secondary N) is 1. The third-order valence-electron chi connectivity index (χ3n) is 4.44. The third-order valence-corrected chi connectivity index (χ3v) is 6.30. The van der Waals surface area contributed by atoms with Crippen molar-refractivity contribution in [2.24, 2.45) is 11.3 Å². The Morgan fingerprint density at radius 2 is 1.90 bits per heavy atom. The van der Waals surface area contributed by atoms with Gasteiger partial charge in [0.2, 0.25) is 5.91 Å². The number of carbonyl (C=O) groups excluding carboxylic acids is 1. The molecule has 0 atom stereocenters. The second-order valence-corrected chi connectivity index (χ2v) is 8.87. The van der Waals surface area contributed by atoms with Crippen LogP contribution in [0.5, 0.6) is 0 Å². The average molecular weight is 302 g/mol. The smallest absolute Gasteiger partial charge is 0.237 e. The van der Waals surface area contributed by atoms with Crippen molar-refractivity contribution in [3.05, 3.63) is 0 Å². The molecule has 2 saturated heterocycles. The molecule has 0 unspecified atom stereocenters. The molecule has 20 heavy (non-hydrogen) atoms. The first-order valence-corrected chi connectivity index (χ1v) is 9.33. The van der Waals surface area contributed by atoms with Crippen LogP contribution in [0.2, 0.25) is 0 Å². The van der Waals surface area contributed by atoms with Gasteiger partial charge >= 0.3 is 0 Å². The molecular weight excluding hydrogens is 276 g/mol. The minimum Gasteiger partial charge on any atom is -0.342 e. The zero-order chi connectivity index (χ0) is 14.8. The lowest BCUT2D eigenvalue weighted by Gasteiger charge is -2.38. The number of likely N-dealkylation sites (tertiary alicyclic amines) is 1. The SMILES string of the molecule is CC(C)CS(=O)(=O)CC(=O)N1CCC2(CCNC2)CC1. The monoisotopic (exact) mass is 302 g/mol. The summed E-state index contributed by atoms with van der Waals surface area (Å²) in [6, 6.07) is 0. The molecule has 0 bridgehead atoms. The predicted octanol–water partition coefficient (Wildman–Crippen LogP) is 0.659. The molecule has 0 saturated carbocycles. The fraction of sp³-hybridized carbons (Fsp3) is 0.929. The number of hydrogen-bond acceptors (Lipinski definition) is 4. The Hall–Kier alpha value is -0.620. The van der Waals surface area contributed by atoms with Gasteiger partial charge in [-0.15, -0.1) is 0 Å². The van der Waals surface area contributed by atoms with E-state index >= 15 is 0 Å². The Morgan fingerprint density at radius 1 is 1.25 bits per heavy atom. The maximum atomic E-state index is 12.1. The zero-order valence-electron chi connectivity index (χ0n) is 12.5. The lowest BCUT2D eigenvalue weighted by Crippen LogP contribution is -2.46. The minimum absolute atomic E-state index is 0.0713. The van der Waals surface area contributed by atoms with Crippen molar-refractivity contribution >= 4 is 15.7 Å². The molecule has 116 valence electrons. The predicted molar refractivity (Wildman–Crippen MR) is 79.2 cm³/mol. The Balaban J connectivity index is 1.86. The molecule has 0 aromatic rings. The number of carbonyl (C=O) groups is 1. The van der Waals surface area contributed by atoms with Gasteiger partial charge in [0.25, 0.3) is 0 Å². The summed E-state index contributed by atoms with van der Waals surface area (Å²) in [4.78, 5) is 13.9. The van der Waals surface area contributed by atoms with Crippen LogP contribution in [-0.2, 0) is 14.6 Å². The van der Waals surface area contributed by atoms with Crippen molar-refractivity contribution in [2.45, 2.75) is 33.1 Å². The zero-order valence-corrected chi connectivity index (χ0v) is 13.3. The van der Waals surface area contributed by atoms with Gasteiger partial charge in [0.1, 0.15) is 5.75 Å². The van der Waals surface area contributed by atoms with Gasteiger partial charge in [0, 0.05) is 19.6 Å². The summed E-state index contributed by atoms with van der Waals surface area (Å²) >= 11 is 0. The van der Waals surface area contributed by atoms with Crippen LogP contribution in [0.4, 0.5) is 0 Å². The van der Waals surface area contributed by atoms with Gasteiger partial charge in [0.05, 0.1) is 5.75 Å². The van der Waals surface area contributed by atoms with Gasteiger partial charge in [-0.05, 0) is 37.1 Å². The Labute approximate surface area is 122 Å². The van der Waals surface area contributed by atoms with Crippen LogP contribution in [0, 0.1) is 11.3 Å². The quantitative estimate of drug-likeness (QED) is 0.828. The maximum Gasteiger partial charge on any atom is 0.237 e. The molecule has 1 N–H and O–H groups in total. The van der Waals surface area contributed by atoms with Crippen LogP contribution in [0.25, 0.3) is 0 Å². The summed E-state index contributed by atoms with van der Waals surface area (Å²) in [6.07, 6.45) is 3.17. The van der Waals surface area contributed by atoms with E-state index in [-0.39, 0.29) is 23.3 Å². The minimum atomic E-state index is -3.26. The molecule has 2 fully saturated rings. The van der Waals surface area contributed by atoms with Gasteiger partial charge in [0.15, 0.2) is 9.84 Å². The number of rotatable bonds is 4. The summed E-state index contributed by atoms with van der Waals surface area (Å²) in [5, 5.41) is 3.39. The van der Waals surface area contributed by atoms with Crippen LogP contribution in [0.15, 0.2) is 0 Å². The van der Waals surface area contributed by atoms with Crippen molar-refractivity contribution in [3.63, 3.8) is 0 Å². The molecule has 0 aliphatic carbocycles. The van der Waals surface area contributed by atoms with E-state index < -0.39 is 9.84 Å². The largest absolute Gasteiger partial charge is 0.342 e.